The summed E-state index contributed by atoms with van der Waals surface area (Å²) < 4.78 is 13.2. The van der Waals surface area contributed by atoms with Gasteiger partial charge in [-0.3, -0.25) is 0 Å². The van der Waals surface area contributed by atoms with E-state index in [2.05, 4.69) is 15.6 Å². The zero-order chi connectivity index (χ0) is 17.2. The van der Waals surface area contributed by atoms with Gasteiger partial charge in [0, 0.05) is 18.0 Å². The van der Waals surface area contributed by atoms with Gasteiger partial charge < -0.3 is 10.6 Å². The second kappa shape index (κ2) is 7.16. The molecule has 4 nitrogen and oxygen atoms in total. The normalized spacial score (nSPS) is 18.2. The van der Waals surface area contributed by atoms with Crippen LogP contribution in [0.25, 0.3) is 0 Å². The number of nitrogens with one attached hydrogen (secondary N) is 2. The average Bonchev–Trinajstić information content (AvgIpc) is 3.43. The Morgan fingerprint density at radius 2 is 1.80 bits per heavy atom. The highest BCUT2D eigenvalue weighted by Crippen LogP contribution is 2.40. The molecule has 0 bridgehead atoms. The standard InChI is InChI=1S/C19H22ClFN4/c20-15-10-13(21)8-9-16(15)23-18-11-17(12-6-7-12)24-19(25-18)22-14-4-2-1-3-5-14/h8-12,14H,1-7H2,(H2,22,23,24,25). The number of anilines is 3. The van der Waals surface area contributed by atoms with Crippen molar-refractivity contribution in [3.05, 3.63) is 40.8 Å². The molecular weight excluding hydrogens is 339 g/mol. The first-order valence-electron chi connectivity index (χ1n) is 9.05. The van der Waals surface area contributed by atoms with E-state index in [-0.39, 0.29) is 5.82 Å². The van der Waals surface area contributed by atoms with Crippen LogP contribution in [0.5, 0.6) is 0 Å². The van der Waals surface area contributed by atoms with Crippen LogP contribution >= 0.6 is 11.6 Å². The summed E-state index contributed by atoms with van der Waals surface area (Å²) in [5.41, 5.74) is 1.71. The number of benzene rings is 1. The Labute approximate surface area is 152 Å². The predicted octanol–water partition coefficient (Wildman–Crippen LogP) is 5.63. The molecule has 25 heavy (non-hydrogen) atoms. The van der Waals surface area contributed by atoms with E-state index < -0.39 is 0 Å². The van der Waals surface area contributed by atoms with Crippen molar-refractivity contribution in [1.29, 1.82) is 0 Å². The first-order valence-corrected chi connectivity index (χ1v) is 9.43. The summed E-state index contributed by atoms with van der Waals surface area (Å²) in [6.45, 7) is 0. The van der Waals surface area contributed by atoms with E-state index >= 15 is 0 Å². The maximum atomic E-state index is 13.2. The van der Waals surface area contributed by atoms with Crippen molar-refractivity contribution in [3.63, 3.8) is 0 Å². The molecule has 0 atom stereocenters. The molecular formula is C19H22ClFN4. The summed E-state index contributed by atoms with van der Waals surface area (Å²) in [7, 11) is 0. The van der Waals surface area contributed by atoms with E-state index in [0.717, 1.165) is 5.69 Å². The van der Waals surface area contributed by atoms with Crippen molar-refractivity contribution in [2.24, 2.45) is 0 Å². The number of hydrogen-bond acceptors (Lipinski definition) is 4. The Morgan fingerprint density at radius 1 is 1.00 bits per heavy atom. The Balaban J connectivity index is 1.57. The Kier molecular flexibility index (Phi) is 4.75. The van der Waals surface area contributed by atoms with Gasteiger partial charge >= 0.3 is 0 Å². The van der Waals surface area contributed by atoms with Crippen LogP contribution in [0.1, 0.15) is 56.6 Å². The Morgan fingerprint density at radius 3 is 2.52 bits per heavy atom. The number of rotatable bonds is 5. The van der Waals surface area contributed by atoms with E-state index in [1.807, 2.05) is 6.07 Å². The molecule has 2 aliphatic carbocycles. The van der Waals surface area contributed by atoms with Crippen LogP contribution in [0, 0.1) is 5.82 Å². The van der Waals surface area contributed by atoms with Crippen molar-refractivity contribution in [2.75, 3.05) is 10.6 Å². The lowest BCUT2D eigenvalue weighted by atomic mass is 9.96. The van der Waals surface area contributed by atoms with Gasteiger partial charge in [-0.1, -0.05) is 30.9 Å². The molecule has 0 unspecified atom stereocenters. The van der Waals surface area contributed by atoms with Gasteiger partial charge in [-0.2, -0.15) is 4.98 Å². The summed E-state index contributed by atoms with van der Waals surface area (Å²) in [6, 6.07) is 6.74. The molecule has 1 aromatic carbocycles. The van der Waals surface area contributed by atoms with Gasteiger partial charge in [-0.25, -0.2) is 9.37 Å². The van der Waals surface area contributed by atoms with Crippen LogP contribution in [0.4, 0.5) is 21.8 Å². The number of nitrogens with zero attached hydrogens (tertiary/aromatic N) is 2. The van der Waals surface area contributed by atoms with Gasteiger partial charge in [0.25, 0.3) is 0 Å². The maximum absolute atomic E-state index is 13.2. The van der Waals surface area contributed by atoms with Gasteiger partial charge in [-0.05, 0) is 43.9 Å². The van der Waals surface area contributed by atoms with Crippen LogP contribution in [-0.2, 0) is 0 Å². The number of hydrogen-bond donors (Lipinski definition) is 2. The molecule has 0 spiro atoms. The molecule has 0 aliphatic heterocycles. The zero-order valence-corrected chi connectivity index (χ0v) is 14.8. The lowest BCUT2D eigenvalue weighted by Crippen LogP contribution is -2.23. The minimum atomic E-state index is -0.350. The van der Waals surface area contributed by atoms with Crippen molar-refractivity contribution in [3.8, 4) is 0 Å². The number of halogens is 2. The molecule has 2 fully saturated rings. The third-order valence-electron chi connectivity index (χ3n) is 4.87. The maximum Gasteiger partial charge on any atom is 0.225 e. The highest BCUT2D eigenvalue weighted by atomic mass is 35.5. The third-order valence-corrected chi connectivity index (χ3v) is 5.19. The molecule has 0 saturated heterocycles. The smallest absolute Gasteiger partial charge is 0.225 e. The van der Waals surface area contributed by atoms with Crippen molar-refractivity contribution in [1.82, 2.24) is 9.97 Å². The summed E-state index contributed by atoms with van der Waals surface area (Å²) in [4.78, 5) is 9.32. The van der Waals surface area contributed by atoms with Crippen molar-refractivity contribution < 1.29 is 4.39 Å². The molecule has 2 aliphatic rings. The minimum Gasteiger partial charge on any atom is -0.351 e. The highest BCUT2D eigenvalue weighted by Gasteiger charge is 2.26. The Bertz CT molecular complexity index is 757. The fraction of sp³-hybridized carbons (Fsp3) is 0.474. The fourth-order valence-corrected chi connectivity index (χ4v) is 3.56. The molecule has 0 radical (unpaired) electrons. The number of aromatic nitrogens is 2. The molecule has 0 amide bonds. The molecule has 1 aromatic heterocycles. The summed E-state index contributed by atoms with van der Waals surface area (Å²) >= 11 is 6.13. The quantitative estimate of drug-likeness (QED) is 0.725. The highest BCUT2D eigenvalue weighted by molar-refractivity contribution is 6.33. The third kappa shape index (κ3) is 4.21. The van der Waals surface area contributed by atoms with Crippen LogP contribution in [0.3, 0.4) is 0 Å². The van der Waals surface area contributed by atoms with Gasteiger partial charge in [0.1, 0.15) is 11.6 Å². The second-order valence-electron chi connectivity index (χ2n) is 7.00. The second-order valence-corrected chi connectivity index (χ2v) is 7.41. The lowest BCUT2D eigenvalue weighted by molar-refractivity contribution is 0.460. The average molecular weight is 361 g/mol. The first-order chi connectivity index (χ1) is 12.2. The minimum absolute atomic E-state index is 0.341. The fourth-order valence-electron chi connectivity index (χ4n) is 3.34. The molecule has 2 saturated carbocycles. The SMILES string of the molecule is Fc1ccc(Nc2cc(C3CC3)nc(NC3CCCCC3)n2)c(Cl)c1. The molecule has 2 aromatic rings. The molecule has 132 valence electrons. The molecule has 1 heterocycles. The van der Waals surface area contributed by atoms with Gasteiger partial charge in [0.2, 0.25) is 5.95 Å². The molecule has 4 rings (SSSR count). The van der Waals surface area contributed by atoms with E-state index in [4.69, 9.17) is 16.6 Å². The van der Waals surface area contributed by atoms with E-state index in [1.165, 1.54) is 57.1 Å². The topological polar surface area (TPSA) is 49.8 Å². The van der Waals surface area contributed by atoms with Crippen LogP contribution < -0.4 is 10.6 Å². The van der Waals surface area contributed by atoms with E-state index in [1.54, 1.807) is 6.07 Å². The molecule has 2 N–H and O–H groups in total. The monoisotopic (exact) mass is 360 g/mol. The summed E-state index contributed by atoms with van der Waals surface area (Å²) in [5.74, 6) is 1.55. The van der Waals surface area contributed by atoms with Crippen LogP contribution in [0.15, 0.2) is 24.3 Å². The van der Waals surface area contributed by atoms with Crippen molar-refractivity contribution >= 4 is 29.1 Å². The van der Waals surface area contributed by atoms with Gasteiger partial charge in [0.15, 0.2) is 0 Å². The van der Waals surface area contributed by atoms with Crippen LogP contribution in [-0.4, -0.2) is 16.0 Å². The first kappa shape index (κ1) is 16.6. The zero-order valence-electron chi connectivity index (χ0n) is 14.1. The predicted molar refractivity (Wildman–Crippen MR) is 99.2 cm³/mol. The van der Waals surface area contributed by atoms with Gasteiger partial charge in [-0.15, -0.1) is 0 Å². The van der Waals surface area contributed by atoms with Gasteiger partial charge in [0.05, 0.1) is 16.4 Å². The Hall–Kier alpha value is -1.88. The van der Waals surface area contributed by atoms with Crippen LogP contribution in [0.2, 0.25) is 5.02 Å². The van der Waals surface area contributed by atoms with E-state index in [0.29, 0.717) is 34.4 Å². The van der Waals surface area contributed by atoms with E-state index in [9.17, 15) is 4.39 Å². The van der Waals surface area contributed by atoms with Crippen molar-refractivity contribution in [2.45, 2.75) is 56.9 Å². The lowest BCUT2D eigenvalue weighted by Gasteiger charge is -2.23. The summed E-state index contributed by atoms with van der Waals surface area (Å²) in [5, 5.41) is 7.05. The largest absolute Gasteiger partial charge is 0.351 e. The summed E-state index contributed by atoms with van der Waals surface area (Å²) in [6.07, 6.45) is 8.53. The molecule has 6 heteroatoms.